The summed E-state index contributed by atoms with van der Waals surface area (Å²) in [5.41, 5.74) is 0.739. The lowest BCUT2D eigenvalue weighted by atomic mass is 10.1. The minimum atomic E-state index is -0.256. The molecule has 0 fully saturated rings. The molecule has 19 heavy (non-hydrogen) atoms. The van der Waals surface area contributed by atoms with E-state index in [1.54, 1.807) is 26.3 Å². The second kappa shape index (κ2) is 7.09. The average molecular weight is 267 g/mol. The number of hydrogen-bond donors (Lipinski definition) is 2. The molecular weight excluding hydrogens is 245 g/mol. The summed E-state index contributed by atoms with van der Waals surface area (Å²) in [6, 6.07) is 6.38. The summed E-state index contributed by atoms with van der Waals surface area (Å²) in [6.07, 6.45) is 0. The van der Waals surface area contributed by atoms with Crippen molar-refractivity contribution in [2.45, 2.75) is 26.0 Å². The van der Waals surface area contributed by atoms with Crippen molar-refractivity contribution in [2.75, 3.05) is 20.7 Å². The van der Waals surface area contributed by atoms with Gasteiger partial charge in [0.1, 0.15) is 5.82 Å². The summed E-state index contributed by atoms with van der Waals surface area (Å²) in [6.45, 7) is 5.22. The number of halogens is 1. The van der Waals surface area contributed by atoms with Crippen molar-refractivity contribution in [1.29, 1.82) is 0 Å². The van der Waals surface area contributed by atoms with Gasteiger partial charge in [-0.15, -0.1) is 0 Å². The summed E-state index contributed by atoms with van der Waals surface area (Å²) < 4.78 is 18.1. The first-order chi connectivity index (χ1) is 8.96. The second-order valence-electron chi connectivity index (χ2n) is 4.87. The van der Waals surface area contributed by atoms with E-state index in [1.807, 2.05) is 13.8 Å². The van der Waals surface area contributed by atoms with Gasteiger partial charge in [0.25, 0.3) is 0 Å². The molecule has 0 saturated heterocycles. The Morgan fingerprint density at radius 2 is 1.89 bits per heavy atom. The Morgan fingerprint density at radius 1 is 1.26 bits per heavy atom. The highest BCUT2D eigenvalue weighted by Gasteiger charge is 2.16. The van der Waals surface area contributed by atoms with Gasteiger partial charge < -0.3 is 15.4 Å². The van der Waals surface area contributed by atoms with Crippen LogP contribution in [0.15, 0.2) is 29.3 Å². The SMILES string of the molecule is CN=C(NCc1ccc(F)cc1)NCC(C)(C)OC. The molecule has 0 aliphatic carbocycles. The molecule has 1 aromatic rings. The molecule has 0 aliphatic rings. The zero-order chi connectivity index (χ0) is 14.3. The maximum Gasteiger partial charge on any atom is 0.191 e. The van der Waals surface area contributed by atoms with Crippen LogP contribution >= 0.6 is 0 Å². The van der Waals surface area contributed by atoms with Gasteiger partial charge in [-0.05, 0) is 31.5 Å². The minimum absolute atomic E-state index is 0.229. The highest BCUT2D eigenvalue weighted by atomic mass is 19.1. The van der Waals surface area contributed by atoms with Crippen LogP contribution in [0.5, 0.6) is 0 Å². The zero-order valence-corrected chi connectivity index (χ0v) is 12.0. The summed E-state index contributed by atoms with van der Waals surface area (Å²) in [5.74, 6) is 0.461. The first-order valence-corrected chi connectivity index (χ1v) is 6.21. The highest BCUT2D eigenvalue weighted by Crippen LogP contribution is 2.05. The van der Waals surface area contributed by atoms with Crippen molar-refractivity contribution in [3.05, 3.63) is 35.6 Å². The van der Waals surface area contributed by atoms with E-state index in [9.17, 15) is 4.39 Å². The molecule has 2 N–H and O–H groups in total. The van der Waals surface area contributed by atoms with Gasteiger partial charge >= 0.3 is 0 Å². The van der Waals surface area contributed by atoms with Gasteiger partial charge in [-0.2, -0.15) is 0 Å². The number of methoxy groups -OCH3 is 1. The smallest absolute Gasteiger partial charge is 0.191 e. The lowest BCUT2D eigenvalue weighted by Crippen LogP contribution is -2.45. The van der Waals surface area contributed by atoms with Gasteiger partial charge in [-0.25, -0.2) is 4.39 Å². The molecule has 1 aromatic carbocycles. The van der Waals surface area contributed by atoms with Crippen molar-refractivity contribution in [1.82, 2.24) is 10.6 Å². The molecule has 0 amide bonds. The largest absolute Gasteiger partial charge is 0.377 e. The van der Waals surface area contributed by atoms with Gasteiger partial charge in [-0.1, -0.05) is 12.1 Å². The Balaban J connectivity index is 2.43. The molecule has 0 heterocycles. The standard InChI is InChI=1S/C14H22FN3O/c1-14(2,19-4)10-18-13(16-3)17-9-11-5-7-12(15)8-6-11/h5-8H,9-10H2,1-4H3,(H2,16,17,18). The number of aliphatic imine (C=N–C) groups is 1. The fourth-order valence-electron chi connectivity index (χ4n) is 1.38. The van der Waals surface area contributed by atoms with E-state index in [-0.39, 0.29) is 11.4 Å². The van der Waals surface area contributed by atoms with Crippen LogP contribution in [-0.2, 0) is 11.3 Å². The van der Waals surface area contributed by atoms with Crippen LogP contribution in [0.25, 0.3) is 0 Å². The van der Waals surface area contributed by atoms with Crippen LogP contribution in [0.3, 0.4) is 0 Å². The molecule has 0 aromatic heterocycles. The second-order valence-corrected chi connectivity index (χ2v) is 4.87. The third-order valence-corrected chi connectivity index (χ3v) is 2.83. The van der Waals surface area contributed by atoms with E-state index >= 15 is 0 Å². The molecule has 4 nitrogen and oxygen atoms in total. The van der Waals surface area contributed by atoms with Crippen molar-refractivity contribution >= 4 is 5.96 Å². The predicted octanol–water partition coefficient (Wildman–Crippen LogP) is 1.92. The molecule has 0 aliphatic heterocycles. The minimum Gasteiger partial charge on any atom is -0.377 e. The topological polar surface area (TPSA) is 45.7 Å². The molecule has 0 bridgehead atoms. The van der Waals surface area contributed by atoms with Gasteiger partial charge in [0.05, 0.1) is 5.60 Å². The van der Waals surface area contributed by atoms with Gasteiger partial charge in [0.2, 0.25) is 0 Å². The maximum atomic E-state index is 12.8. The molecule has 0 unspecified atom stereocenters. The fourth-order valence-corrected chi connectivity index (χ4v) is 1.38. The van der Waals surface area contributed by atoms with Crippen LogP contribution in [0.2, 0.25) is 0 Å². The number of rotatable bonds is 5. The van der Waals surface area contributed by atoms with E-state index < -0.39 is 0 Å². The first-order valence-electron chi connectivity index (χ1n) is 6.21. The molecule has 0 atom stereocenters. The average Bonchev–Trinajstić information content (AvgIpc) is 2.41. The Kier molecular flexibility index (Phi) is 5.76. The first kappa shape index (κ1) is 15.4. The number of hydrogen-bond acceptors (Lipinski definition) is 2. The normalized spacial score (nSPS) is 12.4. The number of nitrogens with one attached hydrogen (secondary N) is 2. The van der Waals surface area contributed by atoms with E-state index in [2.05, 4.69) is 15.6 Å². The number of ether oxygens (including phenoxy) is 1. The van der Waals surface area contributed by atoms with E-state index in [0.29, 0.717) is 19.0 Å². The van der Waals surface area contributed by atoms with Crippen LogP contribution in [0.4, 0.5) is 4.39 Å². The predicted molar refractivity (Wildman–Crippen MR) is 75.7 cm³/mol. The summed E-state index contributed by atoms with van der Waals surface area (Å²) >= 11 is 0. The Morgan fingerprint density at radius 3 is 2.42 bits per heavy atom. The monoisotopic (exact) mass is 267 g/mol. The Bertz CT molecular complexity index is 415. The van der Waals surface area contributed by atoms with Crippen molar-refractivity contribution in [2.24, 2.45) is 4.99 Å². The van der Waals surface area contributed by atoms with Crippen LogP contribution in [0.1, 0.15) is 19.4 Å². The van der Waals surface area contributed by atoms with E-state index in [4.69, 9.17) is 4.74 Å². The van der Waals surface area contributed by atoms with E-state index in [0.717, 1.165) is 5.56 Å². The van der Waals surface area contributed by atoms with Crippen molar-refractivity contribution in [3.63, 3.8) is 0 Å². The van der Waals surface area contributed by atoms with Crippen molar-refractivity contribution < 1.29 is 9.13 Å². The summed E-state index contributed by atoms with van der Waals surface area (Å²) in [5, 5.41) is 6.34. The van der Waals surface area contributed by atoms with Crippen LogP contribution < -0.4 is 10.6 Å². The number of nitrogens with zero attached hydrogens (tertiary/aromatic N) is 1. The summed E-state index contributed by atoms with van der Waals surface area (Å²) in [7, 11) is 3.39. The zero-order valence-electron chi connectivity index (χ0n) is 12.0. The molecule has 5 heteroatoms. The summed E-state index contributed by atoms with van der Waals surface area (Å²) in [4.78, 5) is 4.12. The molecule has 106 valence electrons. The van der Waals surface area contributed by atoms with Gasteiger partial charge in [0.15, 0.2) is 5.96 Å². The Labute approximate surface area is 114 Å². The molecule has 1 rings (SSSR count). The lowest BCUT2D eigenvalue weighted by molar-refractivity contribution is 0.0268. The lowest BCUT2D eigenvalue weighted by Gasteiger charge is -2.24. The molecule has 0 radical (unpaired) electrons. The third-order valence-electron chi connectivity index (χ3n) is 2.83. The number of guanidine groups is 1. The molecule has 0 saturated carbocycles. The van der Waals surface area contributed by atoms with Crippen molar-refractivity contribution in [3.8, 4) is 0 Å². The molecular formula is C14H22FN3O. The van der Waals surface area contributed by atoms with Gasteiger partial charge in [0, 0.05) is 27.2 Å². The third kappa shape index (κ3) is 5.70. The quantitative estimate of drug-likeness (QED) is 0.633. The van der Waals surface area contributed by atoms with E-state index in [1.165, 1.54) is 12.1 Å². The Hall–Kier alpha value is -1.62. The maximum absolute atomic E-state index is 12.8. The van der Waals surface area contributed by atoms with Gasteiger partial charge in [-0.3, -0.25) is 4.99 Å². The van der Waals surface area contributed by atoms with Crippen LogP contribution in [-0.4, -0.2) is 32.3 Å². The van der Waals surface area contributed by atoms with Crippen LogP contribution in [0, 0.1) is 5.82 Å². The fraction of sp³-hybridized carbons (Fsp3) is 0.500. The number of benzene rings is 1. The highest BCUT2D eigenvalue weighted by molar-refractivity contribution is 5.79. The molecule has 0 spiro atoms.